The van der Waals surface area contributed by atoms with Gasteiger partial charge in [0.1, 0.15) is 5.75 Å². The molecule has 0 aliphatic carbocycles. The van der Waals surface area contributed by atoms with Crippen LogP contribution >= 0.6 is 0 Å². The fourth-order valence-corrected chi connectivity index (χ4v) is 2.30. The molecule has 0 radical (unpaired) electrons. The molecule has 0 atom stereocenters. The molecule has 0 aromatic heterocycles. The Balaban J connectivity index is 1.80. The molecule has 7 nitrogen and oxygen atoms in total. The number of aliphatic carboxylic acids is 1. The Morgan fingerprint density at radius 3 is 2.48 bits per heavy atom. The van der Waals surface area contributed by atoms with Gasteiger partial charge in [-0.1, -0.05) is 18.2 Å². The third-order valence-corrected chi connectivity index (χ3v) is 3.93. The molecule has 0 unspecified atom stereocenters. The standard InChI is InChI=1S/C20H22N2O5/c1-13-6-7-16(8-14(13)2)20(26)22-11-18(23)21-10-15-4-3-5-17(9-15)27-12-19(24)25/h3-9H,10-12H2,1-2H3,(H,21,23)(H,22,26)(H,24,25). The highest BCUT2D eigenvalue weighted by atomic mass is 16.5. The maximum Gasteiger partial charge on any atom is 0.341 e. The summed E-state index contributed by atoms with van der Waals surface area (Å²) in [4.78, 5) is 34.6. The minimum atomic E-state index is -1.06. The predicted molar refractivity (Wildman–Crippen MR) is 99.7 cm³/mol. The van der Waals surface area contributed by atoms with Gasteiger partial charge in [-0.15, -0.1) is 0 Å². The molecule has 0 saturated carbocycles. The monoisotopic (exact) mass is 370 g/mol. The van der Waals surface area contributed by atoms with E-state index in [2.05, 4.69) is 10.6 Å². The zero-order chi connectivity index (χ0) is 19.8. The van der Waals surface area contributed by atoms with Crippen molar-refractivity contribution in [1.82, 2.24) is 10.6 Å². The van der Waals surface area contributed by atoms with Crippen LogP contribution in [0.1, 0.15) is 27.0 Å². The number of rotatable bonds is 8. The Kier molecular flexibility index (Phi) is 6.93. The van der Waals surface area contributed by atoms with Gasteiger partial charge in [-0.3, -0.25) is 9.59 Å². The van der Waals surface area contributed by atoms with E-state index in [1.54, 1.807) is 36.4 Å². The maximum absolute atomic E-state index is 12.1. The first-order valence-electron chi connectivity index (χ1n) is 8.41. The molecule has 2 aromatic rings. The molecule has 7 heteroatoms. The van der Waals surface area contributed by atoms with E-state index in [9.17, 15) is 14.4 Å². The predicted octanol–water partition coefficient (Wildman–Crippen LogP) is 1.81. The van der Waals surface area contributed by atoms with Crippen molar-refractivity contribution >= 4 is 17.8 Å². The molecular formula is C20H22N2O5. The molecule has 2 amide bonds. The zero-order valence-corrected chi connectivity index (χ0v) is 15.2. The van der Waals surface area contributed by atoms with Gasteiger partial charge in [0.25, 0.3) is 5.91 Å². The SMILES string of the molecule is Cc1ccc(C(=O)NCC(=O)NCc2cccc(OCC(=O)O)c2)cc1C. The van der Waals surface area contributed by atoms with Crippen LogP contribution in [0.2, 0.25) is 0 Å². The second-order valence-electron chi connectivity index (χ2n) is 6.09. The first kappa shape index (κ1) is 20.0. The number of amides is 2. The summed E-state index contributed by atoms with van der Waals surface area (Å²) in [5, 5.41) is 13.9. The lowest BCUT2D eigenvalue weighted by atomic mass is 10.1. The second-order valence-corrected chi connectivity index (χ2v) is 6.09. The summed E-state index contributed by atoms with van der Waals surface area (Å²) in [6.45, 7) is 3.56. The van der Waals surface area contributed by atoms with Crippen molar-refractivity contribution in [2.75, 3.05) is 13.2 Å². The highest BCUT2D eigenvalue weighted by molar-refractivity contribution is 5.96. The molecule has 3 N–H and O–H groups in total. The van der Waals surface area contributed by atoms with Crippen molar-refractivity contribution in [3.8, 4) is 5.75 Å². The lowest BCUT2D eigenvalue weighted by Crippen LogP contribution is -2.36. The van der Waals surface area contributed by atoms with Crippen LogP contribution in [0.15, 0.2) is 42.5 Å². The largest absolute Gasteiger partial charge is 0.482 e. The van der Waals surface area contributed by atoms with E-state index in [1.807, 2.05) is 19.9 Å². The van der Waals surface area contributed by atoms with Crippen LogP contribution in [0.5, 0.6) is 5.75 Å². The number of benzene rings is 2. The molecule has 27 heavy (non-hydrogen) atoms. The van der Waals surface area contributed by atoms with E-state index < -0.39 is 12.6 Å². The molecule has 0 aliphatic rings. The van der Waals surface area contributed by atoms with Gasteiger partial charge in [0, 0.05) is 12.1 Å². The first-order valence-corrected chi connectivity index (χ1v) is 8.41. The highest BCUT2D eigenvalue weighted by Crippen LogP contribution is 2.13. The lowest BCUT2D eigenvalue weighted by molar-refractivity contribution is -0.139. The number of ether oxygens (including phenoxy) is 1. The molecule has 2 aromatic carbocycles. The number of carboxylic acid groups (broad SMARTS) is 1. The Bertz CT molecular complexity index is 848. The fraction of sp³-hybridized carbons (Fsp3) is 0.250. The van der Waals surface area contributed by atoms with Crippen LogP contribution in [-0.2, 0) is 16.1 Å². The molecule has 0 heterocycles. The van der Waals surface area contributed by atoms with Gasteiger partial charge < -0.3 is 20.5 Å². The summed E-state index contributed by atoms with van der Waals surface area (Å²) in [5.74, 6) is -1.29. The number of carboxylic acids is 1. The average Bonchev–Trinajstić information content (AvgIpc) is 2.65. The molecule has 2 rings (SSSR count). The highest BCUT2D eigenvalue weighted by Gasteiger charge is 2.09. The maximum atomic E-state index is 12.1. The first-order chi connectivity index (χ1) is 12.8. The van der Waals surface area contributed by atoms with Gasteiger partial charge in [-0.25, -0.2) is 4.79 Å². The number of nitrogens with one attached hydrogen (secondary N) is 2. The summed E-state index contributed by atoms with van der Waals surface area (Å²) < 4.78 is 5.09. The van der Waals surface area contributed by atoms with E-state index in [1.165, 1.54) is 0 Å². The van der Waals surface area contributed by atoms with E-state index in [-0.39, 0.29) is 24.9 Å². The van der Waals surface area contributed by atoms with E-state index >= 15 is 0 Å². The number of carbonyl (C=O) groups is 3. The summed E-state index contributed by atoms with van der Waals surface area (Å²) in [5.41, 5.74) is 3.37. The minimum Gasteiger partial charge on any atom is -0.482 e. The van der Waals surface area contributed by atoms with E-state index in [0.717, 1.165) is 16.7 Å². The zero-order valence-electron chi connectivity index (χ0n) is 15.2. The number of hydrogen-bond acceptors (Lipinski definition) is 4. The normalized spacial score (nSPS) is 10.1. The van der Waals surface area contributed by atoms with E-state index in [4.69, 9.17) is 9.84 Å². The van der Waals surface area contributed by atoms with Crippen molar-refractivity contribution in [3.63, 3.8) is 0 Å². The summed E-state index contributed by atoms with van der Waals surface area (Å²) in [7, 11) is 0. The van der Waals surface area contributed by atoms with Gasteiger partial charge >= 0.3 is 5.97 Å². The second kappa shape index (κ2) is 9.38. The topological polar surface area (TPSA) is 105 Å². The number of hydrogen-bond donors (Lipinski definition) is 3. The molecule has 0 spiro atoms. The Hall–Kier alpha value is -3.35. The molecular weight excluding hydrogens is 348 g/mol. The summed E-state index contributed by atoms with van der Waals surface area (Å²) >= 11 is 0. The Labute approximate surface area is 157 Å². The molecule has 0 aliphatic heterocycles. The van der Waals surface area contributed by atoms with Gasteiger partial charge in [-0.05, 0) is 54.8 Å². The molecule has 0 saturated heterocycles. The smallest absolute Gasteiger partial charge is 0.341 e. The fourth-order valence-electron chi connectivity index (χ4n) is 2.30. The average molecular weight is 370 g/mol. The Morgan fingerprint density at radius 1 is 1.00 bits per heavy atom. The summed E-state index contributed by atoms with van der Waals surface area (Å²) in [6.07, 6.45) is 0. The summed E-state index contributed by atoms with van der Waals surface area (Å²) in [6, 6.07) is 12.1. The third kappa shape index (κ3) is 6.47. The molecule has 0 fully saturated rings. The van der Waals surface area contributed by atoms with Crippen LogP contribution < -0.4 is 15.4 Å². The minimum absolute atomic E-state index is 0.138. The van der Waals surface area contributed by atoms with Crippen LogP contribution in [0, 0.1) is 13.8 Å². The van der Waals surface area contributed by atoms with Crippen LogP contribution in [0.4, 0.5) is 0 Å². The van der Waals surface area contributed by atoms with Gasteiger partial charge in [-0.2, -0.15) is 0 Å². The van der Waals surface area contributed by atoms with Gasteiger partial charge in [0.05, 0.1) is 6.54 Å². The number of carbonyl (C=O) groups excluding carboxylic acids is 2. The lowest BCUT2D eigenvalue weighted by Gasteiger charge is -2.09. The van der Waals surface area contributed by atoms with Crippen molar-refractivity contribution in [3.05, 3.63) is 64.7 Å². The van der Waals surface area contributed by atoms with Crippen molar-refractivity contribution in [2.24, 2.45) is 0 Å². The third-order valence-electron chi connectivity index (χ3n) is 3.93. The quantitative estimate of drug-likeness (QED) is 0.657. The van der Waals surface area contributed by atoms with Crippen LogP contribution in [0.25, 0.3) is 0 Å². The Morgan fingerprint density at radius 2 is 1.78 bits per heavy atom. The van der Waals surface area contributed by atoms with Crippen LogP contribution in [-0.4, -0.2) is 36.0 Å². The van der Waals surface area contributed by atoms with Gasteiger partial charge in [0.15, 0.2) is 6.61 Å². The molecule has 0 bridgehead atoms. The van der Waals surface area contributed by atoms with Crippen molar-refractivity contribution in [1.29, 1.82) is 0 Å². The van der Waals surface area contributed by atoms with Crippen molar-refractivity contribution < 1.29 is 24.2 Å². The van der Waals surface area contributed by atoms with E-state index in [0.29, 0.717) is 11.3 Å². The van der Waals surface area contributed by atoms with Gasteiger partial charge in [0.2, 0.25) is 5.91 Å². The molecule has 142 valence electrons. The van der Waals surface area contributed by atoms with Crippen LogP contribution in [0.3, 0.4) is 0 Å². The van der Waals surface area contributed by atoms with Crippen molar-refractivity contribution in [2.45, 2.75) is 20.4 Å². The number of aryl methyl sites for hydroxylation is 2.